The summed E-state index contributed by atoms with van der Waals surface area (Å²) in [4.78, 5) is 48.9. The van der Waals surface area contributed by atoms with Gasteiger partial charge in [-0.1, -0.05) is 11.6 Å². The molecule has 0 saturated carbocycles. The molecule has 3 heterocycles. The zero-order valence-electron chi connectivity index (χ0n) is 20.3. The second kappa shape index (κ2) is 9.54. The Morgan fingerprint density at radius 2 is 1.92 bits per heavy atom. The SMILES string of the molecule is CNC(=O)c1ncc(-n2c(NC)nc3c(c2=O)C[C@@H](C)N(C(=O)c2ccc(Cl)c(C(F)(F)F)c2)C3)n1C. The van der Waals surface area contributed by atoms with E-state index in [1.165, 1.54) is 33.3 Å². The molecule has 0 aliphatic carbocycles. The van der Waals surface area contributed by atoms with Gasteiger partial charge in [0.25, 0.3) is 17.4 Å². The summed E-state index contributed by atoms with van der Waals surface area (Å²) >= 11 is 5.69. The molecule has 37 heavy (non-hydrogen) atoms. The van der Waals surface area contributed by atoms with Gasteiger partial charge in [0.2, 0.25) is 5.95 Å². The Balaban J connectivity index is 1.75. The van der Waals surface area contributed by atoms with Gasteiger partial charge < -0.3 is 20.1 Å². The lowest BCUT2D eigenvalue weighted by Crippen LogP contribution is -2.46. The highest BCUT2D eigenvalue weighted by molar-refractivity contribution is 6.31. The van der Waals surface area contributed by atoms with Gasteiger partial charge in [-0.2, -0.15) is 13.2 Å². The Morgan fingerprint density at radius 1 is 1.22 bits per heavy atom. The number of anilines is 1. The Bertz CT molecular complexity index is 1460. The lowest BCUT2D eigenvalue weighted by Gasteiger charge is -2.34. The molecule has 0 radical (unpaired) electrons. The molecule has 14 heteroatoms. The molecule has 4 rings (SSSR count). The zero-order valence-corrected chi connectivity index (χ0v) is 21.0. The molecular weight excluding hydrogens is 515 g/mol. The van der Waals surface area contributed by atoms with Gasteiger partial charge in [0, 0.05) is 38.3 Å². The number of carbonyl (C=O) groups is 2. The van der Waals surface area contributed by atoms with Crippen molar-refractivity contribution in [2.75, 3.05) is 19.4 Å². The van der Waals surface area contributed by atoms with Crippen molar-refractivity contribution < 1.29 is 22.8 Å². The van der Waals surface area contributed by atoms with Gasteiger partial charge in [-0.25, -0.2) is 14.5 Å². The van der Waals surface area contributed by atoms with Crippen molar-refractivity contribution in [3.05, 3.63) is 68.0 Å². The molecule has 3 aromatic rings. The summed E-state index contributed by atoms with van der Waals surface area (Å²) < 4.78 is 42.7. The summed E-state index contributed by atoms with van der Waals surface area (Å²) in [5.74, 6) is -0.537. The fourth-order valence-electron chi connectivity index (χ4n) is 4.28. The maximum Gasteiger partial charge on any atom is 0.417 e. The van der Waals surface area contributed by atoms with E-state index >= 15 is 0 Å². The first-order chi connectivity index (χ1) is 17.4. The van der Waals surface area contributed by atoms with Gasteiger partial charge in [-0.05, 0) is 31.5 Å². The number of alkyl halides is 3. The molecule has 0 bridgehead atoms. The van der Waals surface area contributed by atoms with Crippen LogP contribution in [0.25, 0.3) is 5.82 Å². The van der Waals surface area contributed by atoms with E-state index in [4.69, 9.17) is 11.6 Å². The zero-order chi connectivity index (χ0) is 27.2. The molecule has 0 unspecified atom stereocenters. The van der Waals surface area contributed by atoms with E-state index < -0.39 is 40.2 Å². The number of fused-ring (bicyclic) bond motifs is 1. The normalized spacial score (nSPS) is 15.4. The average Bonchev–Trinajstić information content (AvgIpc) is 3.23. The number of halogens is 4. The van der Waals surface area contributed by atoms with E-state index in [-0.39, 0.29) is 30.3 Å². The van der Waals surface area contributed by atoms with Crippen molar-refractivity contribution in [3.8, 4) is 5.82 Å². The maximum atomic E-state index is 13.6. The average molecular weight is 538 g/mol. The summed E-state index contributed by atoms with van der Waals surface area (Å²) in [5.41, 5.74) is -1.02. The number of rotatable bonds is 4. The van der Waals surface area contributed by atoms with Crippen molar-refractivity contribution in [1.82, 2.24) is 29.3 Å². The summed E-state index contributed by atoms with van der Waals surface area (Å²) in [6.07, 6.45) is -3.22. The van der Waals surface area contributed by atoms with Crippen LogP contribution in [-0.2, 0) is 26.2 Å². The van der Waals surface area contributed by atoms with Crippen LogP contribution in [0.2, 0.25) is 5.02 Å². The van der Waals surface area contributed by atoms with Crippen LogP contribution >= 0.6 is 11.6 Å². The van der Waals surface area contributed by atoms with Crippen molar-refractivity contribution in [2.24, 2.45) is 7.05 Å². The van der Waals surface area contributed by atoms with Crippen molar-refractivity contribution in [1.29, 1.82) is 0 Å². The van der Waals surface area contributed by atoms with Crippen LogP contribution in [0.15, 0.2) is 29.2 Å². The first kappa shape index (κ1) is 26.2. The molecule has 2 N–H and O–H groups in total. The summed E-state index contributed by atoms with van der Waals surface area (Å²) in [5, 5.41) is 4.83. The van der Waals surface area contributed by atoms with Crippen LogP contribution in [-0.4, -0.2) is 56.0 Å². The van der Waals surface area contributed by atoms with Crippen molar-refractivity contribution in [2.45, 2.75) is 32.1 Å². The quantitative estimate of drug-likeness (QED) is 0.529. The van der Waals surface area contributed by atoms with E-state index in [1.807, 2.05) is 0 Å². The number of hydrogen-bond acceptors (Lipinski definition) is 6. The first-order valence-electron chi connectivity index (χ1n) is 11.1. The predicted molar refractivity (Wildman–Crippen MR) is 129 cm³/mol. The van der Waals surface area contributed by atoms with Crippen LogP contribution < -0.4 is 16.2 Å². The molecule has 1 atom stereocenters. The molecule has 0 fully saturated rings. The second-order valence-electron chi connectivity index (χ2n) is 8.51. The number of aromatic nitrogens is 4. The molecule has 10 nitrogen and oxygen atoms in total. The van der Waals surface area contributed by atoms with Crippen LogP contribution in [0.1, 0.15) is 44.7 Å². The molecule has 1 aliphatic heterocycles. The molecule has 1 aromatic carbocycles. The number of nitrogens with one attached hydrogen (secondary N) is 2. The number of carbonyl (C=O) groups excluding carboxylic acids is 2. The smallest absolute Gasteiger partial charge is 0.358 e. The fourth-order valence-corrected chi connectivity index (χ4v) is 4.51. The molecular formula is C23H23ClF3N7O3. The second-order valence-corrected chi connectivity index (χ2v) is 8.92. The molecule has 2 aromatic heterocycles. The molecule has 1 aliphatic rings. The Morgan fingerprint density at radius 3 is 2.54 bits per heavy atom. The predicted octanol–water partition coefficient (Wildman–Crippen LogP) is 2.63. The first-order valence-corrected chi connectivity index (χ1v) is 11.5. The van der Waals surface area contributed by atoms with Crippen LogP contribution in [0.3, 0.4) is 0 Å². The molecule has 196 valence electrons. The molecule has 0 saturated heterocycles. The van der Waals surface area contributed by atoms with Crippen LogP contribution in [0.4, 0.5) is 19.1 Å². The van der Waals surface area contributed by atoms with Gasteiger partial charge in [-0.3, -0.25) is 14.4 Å². The summed E-state index contributed by atoms with van der Waals surface area (Å²) in [6, 6.07) is 2.49. The third-order valence-electron chi connectivity index (χ3n) is 6.24. The third kappa shape index (κ3) is 4.54. The third-order valence-corrected chi connectivity index (χ3v) is 6.57. The van der Waals surface area contributed by atoms with E-state index in [0.717, 1.165) is 12.1 Å². The number of benzene rings is 1. The summed E-state index contributed by atoms with van der Waals surface area (Å²) in [7, 11) is 4.61. The van der Waals surface area contributed by atoms with Gasteiger partial charge in [-0.15, -0.1) is 0 Å². The highest BCUT2D eigenvalue weighted by Crippen LogP contribution is 2.35. The minimum atomic E-state index is -4.72. The Kier molecular flexibility index (Phi) is 6.76. The van der Waals surface area contributed by atoms with Gasteiger partial charge in [0.1, 0.15) is 5.82 Å². The van der Waals surface area contributed by atoms with Crippen molar-refractivity contribution in [3.63, 3.8) is 0 Å². The van der Waals surface area contributed by atoms with Gasteiger partial charge >= 0.3 is 6.18 Å². The molecule has 0 spiro atoms. The van der Waals surface area contributed by atoms with Crippen LogP contribution in [0.5, 0.6) is 0 Å². The number of nitrogens with zero attached hydrogens (tertiary/aromatic N) is 5. The van der Waals surface area contributed by atoms with E-state index in [2.05, 4.69) is 20.6 Å². The number of imidazole rings is 1. The lowest BCUT2D eigenvalue weighted by atomic mass is 9.98. The lowest BCUT2D eigenvalue weighted by molar-refractivity contribution is -0.137. The molecule has 2 amide bonds. The highest BCUT2D eigenvalue weighted by atomic mass is 35.5. The largest absolute Gasteiger partial charge is 0.417 e. The van der Waals surface area contributed by atoms with E-state index in [0.29, 0.717) is 17.1 Å². The van der Waals surface area contributed by atoms with Gasteiger partial charge in [0.05, 0.1) is 29.0 Å². The van der Waals surface area contributed by atoms with Gasteiger partial charge in [0.15, 0.2) is 5.82 Å². The Labute approximate surface area is 214 Å². The number of hydrogen-bond donors (Lipinski definition) is 2. The minimum absolute atomic E-state index is 0.0844. The minimum Gasteiger partial charge on any atom is -0.358 e. The maximum absolute atomic E-state index is 13.6. The van der Waals surface area contributed by atoms with Crippen LogP contribution in [0, 0.1) is 0 Å². The monoisotopic (exact) mass is 537 g/mol. The summed E-state index contributed by atoms with van der Waals surface area (Å²) in [6.45, 7) is 1.61. The Hall–Kier alpha value is -3.87. The standard InChI is InChI=1S/C23H23ClF3N7O3/c1-11-7-13-16(10-33(11)20(36)12-5-6-15(24)14(8-12)23(25,26)27)31-22(29-3)34(21(13)37)17-9-30-18(32(17)4)19(35)28-2/h5-6,8-9,11H,7,10H2,1-4H3,(H,28,35)(H,29,31)/t11-/m1/s1. The number of amides is 2. The van der Waals surface area contributed by atoms with E-state index in [1.54, 1.807) is 21.0 Å². The highest BCUT2D eigenvalue weighted by Gasteiger charge is 2.36. The topological polar surface area (TPSA) is 114 Å². The fraction of sp³-hybridized carbons (Fsp3) is 0.348. The van der Waals surface area contributed by atoms with E-state index in [9.17, 15) is 27.6 Å². The van der Waals surface area contributed by atoms with Crippen molar-refractivity contribution >= 4 is 29.4 Å².